The van der Waals surface area contributed by atoms with Gasteiger partial charge in [-0.3, -0.25) is 0 Å². The van der Waals surface area contributed by atoms with Crippen molar-refractivity contribution in [3.63, 3.8) is 0 Å². The van der Waals surface area contributed by atoms with Crippen molar-refractivity contribution in [3.8, 4) is 6.07 Å². The van der Waals surface area contributed by atoms with E-state index in [1.165, 1.54) is 0 Å². The summed E-state index contributed by atoms with van der Waals surface area (Å²) in [5.41, 5.74) is 0.524. The van der Waals surface area contributed by atoms with Crippen LogP contribution in [0.3, 0.4) is 0 Å². The van der Waals surface area contributed by atoms with Gasteiger partial charge in [-0.05, 0) is 45.5 Å². The first kappa shape index (κ1) is 9.87. The zero-order valence-electron chi connectivity index (χ0n) is 7.05. The summed E-state index contributed by atoms with van der Waals surface area (Å²) in [6, 6.07) is 5.68. The van der Waals surface area contributed by atoms with Crippen molar-refractivity contribution in [1.82, 2.24) is 0 Å². The van der Waals surface area contributed by atoms with Gasteiger partial charge in [-0.15, -0.1) is 11.3 Å². The summed E-state index contributed by atoms with van der Waals surface area (Å²) in [6.07, 6.45) is 0.135. The smallest absolute Gasteiger partial charge is 0.141 e. The van der Waals surface area contributed by atoms with Gasteiger partial charge in [0.2, 0.25) is 0 Å². The van der Waals surface area contributed by atoms with Crippen LogP contribution in [-0.4, -0.2) is 0 Å². The lowest BCUT2D eigenvalue weighted by molar-refractivity contribution is 0.610. The lowest BCUT2D eigenvalue weighted by Gasteiger charge is -2.02. The van der Waals surface area contributed by atoms with E-state index < -0.39 is 0 Å². The molecule has 0 fully saturated rings. The highest BCUT2D eigenvalue weighted by Gasteiger charge is 2.11. The third-order valence-corrected chi connectivity index (χ3v) is 3.66. The molecule has 0 N–H and O–H groups in total. The van der Waals surface area contributed by atoms with Crippen LogP contribution in [0.5, 0.6) is 0 Å². The molecule has 0 aliphatic carbocycles. The van der Waals surface area contributed by atoms with Gasteiger partial charge in [0.05, 0.1) is 16.1 Å². The molecule has 0 unspecified atom stereocenters. The number of rotatable bonds is 1. The van der Waals surface area contributed by atoms with Crippen LogP contribution in [0.15, 0.2) is 17.5 Å². The van der Waals surface area contributed by atoms with Gasteiger partial charge < -0.3 is 0 Å². The van der Waals surface area contributed by atoms with Gasteiger partial charge in [0, 0.05) is 10.3 Å². The molecule has 2 rings (SSSR count). The molecule has 1 nitrogen and oxygen atoms in total. The molecule has 0 saturated carbocycles. The Labute approximate surface area is 98.3 Å². The normalized spacial score (nSPS) is 10.4. The van der Waals surface area contributed by atoms with Crippen molar-refractivity contribution in [3.05, 3.63) is 32.5 Å². The fourth-order valence-corrected chi connectivity index (χ4v) is 3.08. The standard InChI is InChI=1S/C10H5FINS/c11-10-7(1-3-13)6-2-4-14-9(6)5-8(10)12/h2,4-5H,1H2. The Bertz CT molecular complexity index is 527. The van der Waals surface area contributed by atoms with Crippen molar-refractivity contribution >= 4 is 44.0 Å². The van der Waals surface area contributed by atoms with Gasteiger partial charge in [0.15, 0.2) is 0 Å². The van der Waals surface area contributed by atoms with Crippen LogP contribution < -0.4 is 0 Å². The average Bonchev–Trinajstić information content (AvgIpc) is 2.60. The summed E-state index contributed by atoms with van der Waals surface area (Å²) >= 11 is 3.53. The highest BCUT2D eigenvalue weighted by molar-refractivity contribution is 14.1. The van der Waals surface area contributed by atoms with Crippen LogP contribution in [0.1, 0.15) is 5.56 Å². The van der Waals surface area contributed by atoms with E-state index >= 15 is 0 Å². The Morgan fingerprint density at radius 1 is 1.57 bits per heavy atom. The molecular weight excluding hydrogens is 312 g/mol. The predicted octanol–water partition coefficient (Wildman–Crippen LogP) is 3.71. The molecule has 4 heteroatoms. The van der Waals surface area contributed by atoms with Gasteiger partial charge >= 0.3 is 0 Å². The predicted molar refractivity (Wildman–Crippen MR) is 63.8 cm³/mol. The molecular formula is C10H5FINS. The fraction of sp³-hybridized carbons (Fsp3) is 0.100. The molecule has 70 valence electrons. The maximum atomic E-state index is 13.6. The molecule has 1 aromatic heterocycles. The Kier molecular flexibility index (Phi) is 2.70. The van der Waals surface area contributed by atoms with Crippen LogP contribution in [0.25, 0.3) is 10.1 Å². The summed E-state index contributed by atoms with van der Waals surface area (Å²) in [5.74, 6) is -0.252. The summed E-state index contributed by atoms with van der Waals surface area (Å²) in [7, 11) is 0. The molecule has 2 aromatic rings. The average molecular weight is 317 g/mol. The van der Waals surface area contributed by atoms with Crippen molar-refractivity contribution < 1.29 is 4.39 Å². The minimum absolute atomic E-state index is 0.135. The first-order chi connectivity index (χ1) is 6.74. The zero-order chi connectivity index (χ0) is 10.1. The number of hydrogen-bond donors (Lipinski definition) is 0. The van der Waals surface area contributed by atoms with Gasteiger partial charge in [-0.2, -0.15) is 5.26 Å². The number of nitrogens with zero attached hydrogens (tertiary/aromatic N) is 1. The lowest BCUT2D eigenvalue weighted by Crippen LogP contribution is -1.92. The van der Waals surface area contributed by atoms with E-state index in [1.54, 1.807) is 11.3 Å². The van der Waals surface area contributed by atoms with Gasteiger partial charge in [0.25, 0.3) is 0 Å². The summed E-state index contributed by atoms with van der Waals surface area (Å²) in [5, 5.41) is 11.4. The molecule has 0 radical (unpaired) electrons. The second-order valence-electron chi connectivity index (χ2n) is 2.82. The van der Waals surface area contributed by atoms with Crippen LogP contribution in [0.2, 0.25) is 0 Å². The first-order valence-corrected chi connectivity index (χ1v) is 5.91. The topological polar surface area (TPSA) is 23.8 Å². The molecule has 0 aliphatic rings. The third-order valence-electron chi connectivity index (χ3n) is 2.01. The summed E-state index contributed by atoms with van der Waals surface area (Å²) in [6.45, 7) is 0. The molecule has 0 spiro atoms. The second kappa shape index (κ2) is 3.83. The van der Waals surface area contributed by atoms with Gasteiger partial charge in [-0.25, -0.2) is 4.39 Å². The number of fused-ring (bicyclic) bond motifs is 1. The number of hydrogen-bond acceptors (Lipinski definition) is 2. The Morgan fingerprint density at radius 3 is 3.07 bits per heavy atom. The fourth-order valence-electron chi connectivity index (χ4n) is 1.37. The molecule has 0 amide bonds. The van der Waals surface area contributed by atoms with E-state index in [2.05, 4.69) is 0 Å². The summed E-state index contributed by atoms with van der Waals surface area (Å²) in [4.78, 5) is 0. The molecule has 1 aromatic carbocycles. The lowest BCUT2D eigenvalue weighted by atomic mass is 10.1. The van der Waals surface area contributed by atoms with E-state index in [-0.39, 0.29) is 12.2 Å². The number of benzene rings is 1. The van der Waals surface area contributed by atoms with Gasteiger partial charge in [0.1, 0.15) is 5.82 Å². The van der Waals surface area contributed by atoms with E-state index in [0.717, 1.165) is 10.1 Å². The molecule has 0 saturated heterocycles. The van der Waals surface area contributed by atoms with Crippen molar-refractivity contribution in [2.75, 3.05) is 0 Å². The van der Waals surface area contributed by atoms with E-state index in [1.807, 2.05) is 46.2 Å². The maximum Gasteiger partial charge on any atom is 0.141 e. The maximum absolute atomic E-state index is 13.6. The minimum Gasteiger partial charge on any atom is -0.205 e. The third kappa shape index (κ3) is 1.51. The monoisotopic (exact) mass is 317 g/mol. The highest BCUT2D eigenvalue weighted by atomic mass is 127. The Balaban J connectivity index is 2.81. The Hall–Kier alpha value is -0.670. The summed E-state index contributed by atoms with van der Waals surface area (Å²) < 4.78 is 15.3. The number of halogens is 2. The SMILES string of the molecule is N#CCc1c(F)c(I)cc2sccc12. The minimum atomic E-state index is -0.252. The molecule has 14 heavy (non-hydrogen) atoms. The number of nitriles is 1. The molecule has 1 heterocycles. The van der Waals surface area contributed by atoms with Crippen molar-refractivity contribution in [1.29, 1.82) is 5.26 Å². The largest absolute Gasteiger partial charge is 0.205 e. The second-order valence-corrected chi connectivity index (χ2v) is 4.93. The zero-order valence-corrected chi connectivity index (χ0v) is 10.0. The van der Waals surface area contributed by atoms with E-state index in [0.29, 0.717) is 9.13 Å². The van der Waals surface area contributed by atoms with Crippen molar-refractivity contribution in [2.24, 2.45) is 0 Å². The van der Waals surface area contributed by atoms with Crippen LogP contribution in [0, 0.1) is 20.7 Å². The Morgan fingerprint density at radius 2 is 2.36 bits per heavy atom. The van der Waals surface area contributed by atoms with Crippen LogP contribution in [-0.2, 0) is 6.42 Å². The first-order valence-electron chi connectivity index (χ1n) is 3.95. The van der Waals surface area contributed by atoms with E-state index in [4.69, 9.17) is 5.26 Å². The van der Waals surface area contributed by atoms with Gasteiger partial charge in [-0.1, -0.05) is 0 Å². The number of thiophene rings is 1. The van der Waals surface area contributed by atoms with Crippen LogP contribution >= 0.6 is 33.9 Å². The molecule has 0 atom stereocenters. The van der Waals surface area contributed by atoms with E-state index in [9.17, 15) is 4.39 Å². The van der Waals surface area contributed by atoms with Crippen molar-refractivity contribution in [2.45, 2.75) is 6.42 Å². The highest BCUT2D eigenvalue weighted by Crippen LogP contribution is 2.29. The molecule has 0 bridgehead atoms. The molecule has 0 aliphatic heterocycles. The quantitative estimate of drug-likeness (QED) is 0.736. The van der Waals surface area contributed by atoms with Crippen LogP contribution in [0.4, 0.5) is 4.39 Å².